The van der Waals surface area contributed by atoms with Crippen molar-refractivity contribution < 1.29 is 46.2 Å². The molecule has 2 aromatic carbocycles. The number of halogens is 5. The SMILES string of the molecule is CC(C)(O)c1cc2nn(C3CCC(N4CCN(C(=O)C5CCN(c6cc(F)c([C@H]7CCC(=O)NC7=O)c(F)c6)CC5)CC4)CC3)cc2cc1NC(=O)c1cccc(C(F)(F)F)n1. The Balaban J connectivity index is 0.827. The largest absolute Gasteiger partial charge is 0.433 e. The standard InChI is InChI=1S/C44H49F5N8O5/c1-43(2,62)31-23-35-26(20-36(31)51-41(60)34-4-3-5-37(50-34)44(47,48)49)24-57(53-35)28-8-6-27(7-9-28)55-16-18-56(19-17-55)42(61)25-12-14-54(15-13-25)29-21-32(45)39(33(46)22-29)30-10-11-38(58)52-40(30)59/h3-5,20-25,27-28,30,62H,6-19H2,1-2H3,(H,51,60)(H,52,58,59)/t27?,28?,30-/m1/s1. The van der Waals surface area contributed by atoms with E-state index >= 15 is 8.78 Å². The lowest BCUT2D eigenvalue weighted by molar-refractivity contribution is -0.141. The molecule has 0 bridgehead atoms. The summed E-state index contributed by atoms with van der Waals surface area (Å²) in [5.74, 6) is -4.79. The second-order valence-corrected chi connectivity index (χ2v) is 17.4. The number of aromatic nitrogens is 3. The Kier molecular flexibility index (Phi) is 11.8. The summed E-state index contributed by atoms with van der Waals surface area (Å²) in [4.78, 5) is 60.2. The maximum absolute atomic E-state index is 15.2. The molecule has 8 rings (SSSR count). The van der Waals surface area contributed by atoms with Gasteiger partial charge in [0.1, 0.15) is 23.0 Å². The van der Waals surface area contributed by atoms with Gasteiger partial charge in [-0.15, -0.1) is 0 Å². The number of pyridine rings is 1. The van der Waals surface area contributed by atoms with E-state index in [1.165, 1.54) is 18.2 Å². The molecule has 0 radical (unpaired) electrons. The third kappa shape index (κ3) is 9.02. The minimum atomic E-state index is -4.71. The average molecular weight is 865 g/mol. The summed E-state index contributed by atoms with van der Waals surface area (Å²) in [7, 11) is 0. The van der Waals surface area contributed by atoms with E-state index in [1.807, 2.05) is 20.7 Å². The van der Waals surface area contributed by atoms with E-state index in [-0.39, 0.29) is 42.0 Å². The second kappa shape index (κ2) is 17.0. The number of rotatable bonds is 8. The normalized spacial score (nSPS) is 22.2. The van der Waals surface area contributed by atoms with Crippen LogP contribution in [0.4, 0.5) is 33.3 Å². The summed E-state index contributed by atoms with van der Waals surface area (Å²) in [5, 5.41) is 21.3. The number of aliphatic hydroxyl groups is 1. The highest BCUT2D eigenvalue weighted by Crippen LogP contribution is 2.37. The second-order valence-electron chi connectivity index (χ2n) is 17.4. The Morgan fingerprint density at radius 3 is 2.15 bits per heavy atom. The van der Waals surface area contributed by atoms with Gasteiger partial charge in [-0.2, -0.15) is 18.3 Å². The number of piperazine rings is 1. The third-order valence-corrected chi connectivity index (χ3v) is 12.9. The van der Waals surface area contributed by atoms with Crippen molar-refractivity contribution in [2.75, 3.05) is 49.5 Å². The Bertz CT molecular complexity index is 2350. The monoisotopic (exact) mass is 864 g/mol. The molecule has 4 aliphatic rings. The maximum atomic E-state index is 15.2. The van der Waals surface area contributed by atoms with Gasteiger partial charge < -0.3 is 20.2 Å². The number of hydrogen-bond donors (Lipinski definition) is 3. The van der Waals surface area contributed by atoms with Gasteiger partial charge in [0.2, 0.25) is 17.7 Å². The number of carbonyl (C=O) groups is 4. The van der Waals surface area contributed by atoms with Gasteiger partial charge in [0.15, 0.2) is 0 Å². The van der Waals surface area contributed by atoms with Crippen LogP contribution in [0, 0.1) is 17.6 Å². The molecule has 2 aromatic heterocycles. The first-order valence-corrected chi connectivity index (χ1v) is 21.1. The number of fused-ring (bicyclic) bond motifs is 1. The molecule has 330 valence electrons. The van der Waals surface area contributed by atoms with Gasteiger partial charge in [-0.05, 0) is 95.2 Å². The van der Waals surface area contributed by atoms with Crippen LogP contribution in [0.3, 0.4) is 0 Å². The molecular formula is C44H49F5N8O5. The molecule has 18 heteroatoms. The van der Waals surface area contributed by atoms with Gasteiger partial charge in [-0.25, -0.2) is 13.8 Å². The smallest absolute Gasteiger partial charge is 0.386 e. The van der Waals surface area contributed by atoms with Crippen molar-refractivity contribution in [3.05, 3.63) is 82.8 Å². The van der Waals surface area contributed by atoms with Crippen molar-refractivity contribution in [2.45, 2.75) is 95.0 Å². The van der Waals surface area contributed by atoms with E-state index in [9.17, 15) is 37.5 Å². The predicted octanol–water partition coefficient (Wildman–Crippen LogP) is 6.27. The molecular weight excluding hydrogens is 816 g/mol. The Labute approximate surface area is 354 Å². The zero-order chi connectivity index (χ0) is 44.1. The highest BCUT2D eigenvalue weighted by atomic mass is 19.4. The van der Waals surface area contributed by atoms with Gasteiger partial charge in [0.25, 0.3) is 5.91 Å². The van der Waals surface area contributed by atoms with Gasteiger partial charge in [-0.3, -0.25) is 34.1 Å². The number of nitrogens with zero attached hydrogens (tertiary/aromatic N) is 6. The van der Waals surface area contributed by atoms with Crippen LogP contribution in [0.15, 0.2) is 48.7 Å². The molecule has 62 heavy (non-hydrogen) atoms. The summed E-state index contributed by atoms with van der Waals surface area (Å²) in [6.07, 6.45) is 1.95. The van der Waals surface area contributed by atoms with Gasteiger partial charge in [-0.1, -0.05) is 6.07 Å². The summed E-state index contributed by atoms with van der Waals surface area (Å²) in [6, 6.07) is 9.39. The number of benzene rings is 2. The first-order chi connectivity index (χ1) is 29.4. The fourth-order valence-electron chi connectivity index (χ4n) is 9.49. The summed E-state index contributed by atoms with van der Waals surface area (Å²) in [5.41, 5.74) is -1.77. The number of nitrogens with one attached hydrogen (secondary N) is 2. The van der Waals surface area contributed by atoms with Crippen LogP contribution in [0.1, 0.15) is 104 Å². The van der Waals surface area contributed by atoms with Gasteiger partial charge >= 0.3 is 6.18 Å². The molecule has 4 amide bonds. The van der Waals surface area contributed by atoms with Crippen LogP contribution in [0.5, 0.6) is 0 Å². The number of imide groups is 1. The number of alkyl halides is 3. The van der Waals surface area contributed by atoms with Crippen molar-refractivity contribution in [2.24, 2.45) is 5.92 Å². The lowest BCUT2D eigenvalue weighted by Crippen LogP contribution is -2.54. The van der Waals surface area contributed by atoms with E-state index in [0.29, 0.717) is 67.2 Å². The lowest BCUT2D eigenvalue weighted by atomic mass is 9.89. The van der Waals surface area contributed by atoms with Crippen LogP contribution >= 0.6 is 0 Å². The summed E-state index contributed by atoms with van der Waals surface area (Å²) >= 11 is 0. The minimum absolute atomic E-state index is 0.0174. The molecule has 5 heterocycles. The maximum Gasteiger partial charge on any atom is 0.433 e. The number of anilines is 2. The molecule has 1 aliphatic carbocycles. The fourth-order valence-corrected chi connectivity index (χ4v) is 9.49. The zero-order valence-electron chi connectivity index (χ0n) is 34.5. The average Bonchev–Trinajstić information content (AvgIpc) is 3.66. The molecule has 0 unspecified atom stereocenters. The molecule has 0 spiro atoms. The zero-order valence-corrected chi connectivity index (χ0v) is 34.5. The summed E-state index contributed by atoms with van der Waals surface area (Å²) in [6.45, 7) is 6.77. The van der Waals surface area contributed by atoms with Crippen molar-refractivity contribution >= 4 is 45.9 Å². The van der Waals surface area contributed by atoms with E-state index in [0.717, 1.165) is 50.9 Å². The first-order valence-electron chi connectivity index (χ1n) is 21.1. The van der Waals surface area contributed by atoms with Crippen LogP contribution in [0.2, 0.25) is 0 Å². The number of amides is 4. The van der Waals surface area contributed by atoms with Gasteiger partial charge in [0, 0.05) is 91.7 Å². The Morgan fingerprint density at radius 2 is 1.52 bits per heavy atom. The molecule has 3 aliphatic heterocycles. The van der Waals surface area contributed by atoms with E-state index < -0.39 is 58.4 Å². The highest BCUT2D eigenvalue weighted by Gasteiger charge is 2.37. The molecule has 4 aromatic rings. The molecule has 1 saturated carbocycles. The van der Waals surface area contributed by atoms with Crippen LogP contribution < -0.4 is 15.5 Å². The number of piperidine rings is 2. The van der Waals surface area contributed by atoms with Crippen molar-refractivity contribution in [3.63, 3.8) is 0 Å². The van der Waals surface area contributed by atoms with E-state index in [2.05, 4.69) is 20.5 Å². The Morgan fingerprint density at radius 1 is 0.855 bits per heavy atom. The quantitative estimate of drug-likeness (QED) is 0.138. The molecule has 3 saturated heterocycles. The van der Waals surface area contributed by atoms with Gasteiger partial charge in [0.05, 0.1) is 23.1 Å². The number of hydrogen-bond acceptors (Lipinski definition) is 9. The molecule has 13 nitrogen and oxygen atoms in total. The molecule has 4 fully saturated rings. The van der Waals surface area contributed by atoms with Crippen molar-refractivity contribution in [3.8, 4) is 0 Å². The minimum Gasteiger partial charge on any atom is -0.386 e. The third-order valence-electron chi connectivity index (χ3n) is 12.9. The summed E-state index contributed by atoms with van der Waals surface area (Å²) < 4.78 is 72.1. The Hall–Kier alpha value is -5.49. The number of carbonyl (C=O) groups excluding carboxylic acids is 4. The van der Waals surface area contributed by atoms with E-state index in [1.54, 1.807) is 26.0 Å². The first kappa shape index (κ1) is 43.2. The fraction of sp³-hybridized carbons (Fsp3) is 0.500. The van der Waals surface area contributed by atoms with Crippen molar-refractivity contribution in [1.29, 1.82) is 0 Å². The molecule has 3 N–H and O–H groups in total. The predicted molar refractivity (Wildman–Crippen MR) is 218 cm³/mol. The van der Waals surface area contributed by atoms with Crippen LogP contribution in [-0.4, -0.2) is 98.6 Å². The lowest BCUT2D eigenvalue weighted by Gasteiger charge is -2.43. The topological polar surface area (TPSA) is 153 Å². The highest BCUT2D eigenvalue weighted by molar-refractivity contribution is 6.04. The molecule has 1 atom stereocenters. The van der Waals surface area contributed by atoms with Crippen molar-refractivity contribution in [1.82, 2.24) is 29.9 Å². The van der Waals surface area contributed by atoms with Crippen LogP contribution in [-0.2, 0) is 26.2 Å². The van der Waals surface area contributed by atoms with E-state index in [4.69, 9.17) is 5.10 Å². The van der Waals surface area contributed by atoms with Crippen LogP contribution in [0.25, 0.3) is 10.9 Å².